The number of likely N-dealkylation sites (N-methyl/N-ethyl adjacent to an activating group) is 1. The molecule has 110 valence electrons. The fourth-order valence-electron chi connectivity index (χ4n) is 1.89. The number of methoxy groups -OCH3 is 1. The van der Waals surface area contributed by atoms with Crippen molar-refractivity contribution < 1.29 is 23.7 Å². The second-order valence-electron chi connectivity index (χ2n) is 4.69. The van der Waals surface area contributed by atoms with E-state index in [1.165, 1.54) is 7.11 Å². The number of nitrogens with one attached hydrogen (secondary N) is 1. The third-order valence-corrected chi connectivity index (χ3v) is 3.40. The zero-order chi connectivity index (χ0) is 14.6. The van der Waals surface area contributed by atoms with E-state index in [0.29, 0.717) is 30.3 Å². The molecule has 0 aliphatic carbocycles. The normalized spacial score (nSPS) is 15.6. The van der Waals surface area contributed by atoms with E-state index in [1.54, 1.807) is 26.1 Å². The summed E-state index contributed by atoms with van der Waals surface area (Å²) >= 11 is 0. The van der Waals surface area contributed by atoms with Crippen molar-refractivity contribution in [3.63, 3.8) is 0 Å². The molecule has 0 radical (unpaired) electrons. The van der Waals surface area contributed by atoms with E-state index in [9.17, 15) is 4.79 Å². The van der Waals surface area contributed by atoms with Gasteiger partial charge in [-0.25, -0.2) is 0 Å². The van der Waals surface area contributed by atoms with E-state index in [-0.39, 0.29) is 12.8 Å². The average molecular weight is 281 g/mol. The van der Waals surface area contributed by atoms with E-state index in [1.807, 2.05) is 6.07 Å². The predicted molar refractivity (Wildman–Crippen MR) is 72.2 cm³/mol. The minimum Gasteiger partial charge on any atom is -0.493 e. The van der Waals surface area contributed by atoms with E-state index in [0.717, 1.165) is 0 Å². The van der Waals surface area contributed by atoms with Gasteiger partial charge in [-0.1, -0.05) is 0 Å². The number of carbonyl (C=O) groups is 1. The molecule has 1 N–H and O–H groups in total. The minimum absolute atomic E-state index is 0.235. The van der Waals surface area contributed by atoms with Crippen LogP contribution in [0.25, 0.3) is 0 Å². The SMILES string of the molecule is CNC(C)(CCOc1ccc2c(c1)OCO2)C(=O)OC. The van der Waals surface area contributed by atoms with Crippen LogP contribution in [-0.4, -0.2) is 39.1 Å². The molecule has 1 aliphatic rings. The van der Waals surface area contributed by atoms with Gasteiger partial charge in [-0.3, -0.25) is 4.79 Å². The zero-order valence-corrected chi connectivity index (χ0v) is 11.9. The molecule has 1 unspecified atom stereocenters. The lowest BCUT2D eigenvalue weighted by atomic mass is 9.99. The molecule has 20 heavy (non-hydrogen) atoms. The minimum atomic E-state index is -0.759. The molecule has 0 aromatic heterocycles. The van der Waals surface area contributed by atoms with E-state index in [2.05, 4.69) is 5.32 Å². The Hall–Kier alpha value is -1.95. The van der Waals surface area contributed by atoms with Crippen LogP contribution in [0.5, 0.6) is 17.2 Å². The molecule has 1 aliphatic heterocycles. The highest BCUT2D eigenvalue weighted by atomic mass is 16.7. The quantitative estimate of drug-likeness (QED) is 0.794. The van der Waals surface area contributed by atoms with Crippen molar-refractivity contribution in [2.75, 3.05) is 27.6 Å². The van der Waals surface area contributed by atoms with Gasteiger partial charge in [0.1, 0.15) is 11.3 Å². The Morgan fingerprint density at radius 1 is 1.40 bits per heavy atom. The fourth-order valence-corrected chi connectivity index (χ4v) is 1.89. The highest BCUT2D eigenvalue weighted by Crippen LogP contribution is 2.35. The van der Waals surface area contributed by atoms with Crippen molar-refractivity contribution >= 4 is 5.97 Å². The van der Waals surface area contributed by atoms with Crippen molar-refractivity contribution in [3.8, 4) is 17.2 Å². The van der Waals surface area contributed by atoms with Gasteiger partial charge in [0, 0.05) is 12.5 Å². The molecule has 1 heterocycles. The number of fused-ring (bicyclic) bond motifs is 1. The number of rotatable bonds is 6. The third-order valence-electron chi connectivity index (χ3n) is 3.40. The molecule has 0 saturated carbocycles. The smallest absolute Gasteiger partial charge is 0.325 e. The van der Waals surface area contributed by atoms with Gasteiger partial charge in [0.2, 0.25) is 6.79 Å². The molecule has 0 amide bonds. The van der Waals surface area contributed by atoms with Crippen molar-refractivity contribution in [1.82, 2.24) is 5.32 Å². The van der Waals surface area contributed by atoms with Gasteiger partial charge >= 0.3 is 5.97 Å². The molecular weight excluding hydrogens is 262 g/mol. The van der Waals surface area contributed by atoms with E-state index in [4.69, 9.17) is 18.9 Å². The first-order valence-electron chi connectivity index (χ1n) is 6.39. The summed E-state index contributed by atoms with van der Waals surface area (Å²) in [5.74, 6) is 1.76. The van der Waals surface area contributed by atoms with Crippen molar-refractivity contribution in [3.05, 3.63) is 18.2 Å². The van der Waals surface area contributed by atoms with Crippen LogP contribution in [0.15, 0.2) is 18.2 Å². The second-order valence-corrected chi connectivity index (χ2v) is 4.69. The largest absolute Gasteiger partial charge is 0.493 e. The van der Waals surface area contributed by atoms with Gasteiger partial charge in [0.05, 0.1) is 13.7 Å². The highest BCUT2D eigenvalue weighted by Gasteiger charge is 2.32. The number of carbonyl (C=O) groups excluding carboxylic acids is 1. The van der Waals surface area contributed by atoms with Crippen LogP contribution in [0.2, 0.25) is 0 Å². The monoisotopic (exact) mass is 281 g/mol. The highest BCUT2D eigenvalue weighted by molar-refractivity contribution is 5.80. The summed E-state index contributed by atoms with van der Waals surface area (Å²) in [7, 11) is 3.09. The summed E-state index contributed by atoms with van der Waals surface area (Å²) in [6.45, 7) is 2.40. The summed E-state index contributed by atoms with van der Waals surface area (Å²) in [5, 5.41) is 2.96. The maximum absolute atomic E-state index is 11.7. The summed E-state index contributed by atoms with van der Waals surface area (Å²) < 4.78 is 20.9. The number of benzene rings is 1. The molecule has 2 rings (SSSR count). The van der Waals surface area contributed by atoms with Gasteiger partial charge < -0.3 is 24.3 Å². The number of hydrogen-bond donors (Lipinski definition) is 1. The van der Waals surface area contributed by atoms with Gasteiger partial charge in [0.15, 0.2) is 11.5 Å². The van der Waals surface area contributed by atoms with E-state index < -0.39 is 5.54 Å². The summed E-state index contributed by atoms with van der Waals surface area (Å²) in [4.78, 5) is 11.7. The lowest BCUT2D eigenvalue weighted by Crippen LogP contribution is -2.49. The molecule has 1 atom stereocenters. The van der Waals surface area contributed by atoms with Crippen LogP contribution in [0, 0.1) is 0 Å². The van der Waals surface area contributed by atoms with Crippen molar-refractivity contribution in [2.24, 2.45) is 0 Å². The molecule has 1 aromatic rings. The number of esters is 1. The summed E-state index contributed by atoms with van der Waals surface area (Å²) in [6, 6.07) is 5.38. The first kappa shape index (κ1) is 14.5. The molecule has 6 heteroatoms. The van der Waals surface area contributed by atoms with Crippen LogP contribution in [0.4, 0.5) is 0 Å². The second kappa shape index (κ2) is 6.00. The Morgan fingerprint density at radius 3 is 2.85 bits per heavy atom. The topological polar surface area (TPSA) is 66.0 Å². The number of hydrogen-bond acceptors (Lipinski definition) is 6. The van der Waals surface area contributed by atoms with Crippen LogP contribution >= 0.6 is 0 Å². The van der Waals surface area contributed by atoms with Crippen LogP contribution in [-0.2, 0) is 9.53 Å². The third kappa shape index (κ3) is 2.96. The number of ether oxygens (including phenoxy) is 4. The van der Waals surface area contributed by atoms with Gasteiger partial charge in [-0.2, -0.15) is 0 Å². The predicted octanol–water partition coefficient (Wildman–Crippen LogP) is 1.34. The lowest BCUT2D eigenvalue weighted by Gasteiger charge is -2.25. The van der Waals surface area contributed by atoms with Gasteiger partial charge in [0.25, 0.3) is 0 Å². The van der Waals surface area contributed by atoms with Crippen molar-refractivity contribution in [1.29, 1.82) is 0 Å². The lowest BCUT2D eigenvalue weighted by molar-refractivity contribution is -0.148. The average Bonchev–Trinajstić information content (AvgIpc) is 2.93. The molecule has 1 aromatic carbocycles. The fraction of sp³-hybridized carbons (Fsp3) is 0.500. The van der Waals surface area contributed by atoms with Crippen LogP contribution in [0.3, 0.4) is 0 Å². The van der Waals surface area contributed by atoms with Crippen LogP contribution in [0.1, 0.15) is 13.3 Å². The van der Waals surface area contributed by atoms with Gasteiger partial charge in [-0.05, 0) is 26.1 Å². The van der Waals surface area contributed by atoms with Gasteiger partial charge in [-0.15, -0.1) is 0 Å². The van der Waals surface area contributed by atoms with Crippen molar-refractivity contribution in [2.45, 2.75) is 18.9 Å². The first-order valence-corrected chi connectivity index (χ1v) is 6.39. The first-order chi connectivity index (χ1) is 9.59. The Kier molecular flexibility index (Phi) is 4.34. The van der Waals surface area contributed by atoms with E-state index >= 15 is 0 Å². The van der Waals surface area contributed by atoms with Crippen LogP contribution < -0.4 is 19.5 Å². The summed E-state index contributed by atoms with van der Waals surface area (Å²) in [6.07, 6.45) is 0.491. The molecule has 0 spiro atoms. The Labute approximate surface area is 118 Å². The Balaban J connectivity index is 1.91. The molecule has 0 fully saturated rings. The maximum Gasteiger partial charge on any atom is 0.325 e. The maximum atomic E-state index is 11.7. The molecule has 6 nitrogen and oxygen atoms in total. The summed E-state index contributed by atoms with van der Waals surface area (Å²) in [5.41, 5.74) is -0.759. The molecule has 0 bridgehead atoms. The Morgan fingerprint density at radius 2 is 2.15 bits per heavy atom. The molecule has 0 saturated heterocycles. The Bertz CT molecular complexity index is 490. The molecular formula is C14H19NO5. The zero-order valence-electron chi connectivity index (χ0n) is 11.9. The standard InChI is InChI=1S/C14H19NO5/c1-14(15-2,13(16)17-3)6-7-18-10-4-5-11-12(8-10)20-9-19-11/h4-5,8,15H,6-7,9H2,1-3H3.